The van der Waals surface area contributed by atoms with Crippen LogP contribution in [0.15, 0.2) is 54.9 Å². The van der Waals surface area contributed by atoms with Gasteiger partial charge in [-0.25, -0.2) is 4.98 Å². The summed E-state index contributed by atoms with van der Waals surface area (Å²) in [6, 6.07) is 14.2. The Bertz CT molecular complexity index is 794. The predicted molar refractivity (Wildman–Crippen MR) is 69.8 cm³/mol. The van der Waals surface area contributed by atoms with Crippen molar-refractivity contribution < 1.29 is 4.79 Å². The van der Waals surface area contributed by atoms with Gasteiger partial charge in [0, 0.05) is 11.8 Å². The van der Waals surface area contributed by atoms with E-state index in [-0.39, 0.29) is 5.78 Å². The van der Waals surface area contributed by atoms with Crippen molar-refractivity contribution in [3.8, 4) is 6.07 Å². The molecule has 1 aromatic carbocycles. The number of fused-ring (bicyclic) bond motifs is 1. The van der Waals surface area contributed by atoms with Gasteiger partial charge < -0.3 is 0 Å². The van der Waals surface area contributed by atoms with Gasteiger partial charge in [-0.2, -0.15) is 5.26 Å². The van der Waals surface area contributed by atoms with Gasteiger partial charge in [0.25, 0.3) is 0 Å². The van der Waals surface area contributed by atoms with E-state index in [2.05, 4.69) is 4.98 Å². The van der Waals surface area contributed by atoms with Crippen LogP contribution in [0.5, 0.6) is 0 Å². The Morgan fingerprint density at radius 2 is 1.95 bits per heavy atom. The molecule has 2 aromatic heterocycles. The van der Waals surface area contributed by atoms with E-state index in [1.165, 1.54) is 0 Å². The summed E-state index contributed by atoms with van der Waals surface area (Å²) >= 11 is 0. The van der Waals surface area contributed by atoms with Gasteiger partial charge in [-0.1, -0.05) is 6.07 Å². The summed E-state index contributed by atoms with van der Waals surface area (Å²) in [6.07, 6.45) is 3.37. The number of benzene rings is 1. The van der Waals surface area contributed by atoms with Gasteiger partial charge in [-0.15, -0.1) is 0 Å². The first-order chi connectivity index (χ1) is 9.29. The number of aromatic nitrogens is 2. The van der Waals surface area contributed by atoms with Crippen LogP contribution in [-0.2, 0) is 0 Å². The topological polar surface area (TPSA) is 58.2 Å². The molecule has 3 rings (SSSR count). The highest BCUT2D eigenvalue weighted by molar-refractivity contribution is 6.08. The average Bonchev–Trinajstić information content (AvgIpc) is 2.90. The minimum Gasteiger partial charge on any atom is -0.297 e. The molecule has 4 heteroatoms. The Labute approximate surface area is 109 Å². The van der Waals surface area contributed by atoms with Gasteiger partial charge in [-0.3, -0.25) is 9.20 Å². The smallest absolute Gasteiger partial charge is 0.211 e. The maximum atomic E-state index is 12.4. The van der Waals surface area contributed by atoms with E-state index in [0.717, 1.165) is 5.65 Å². The number of nitriles is 1. The van der Waals surface area contributed by atoms with Crippen LogP contribution in [0.2, 0.25) is 0 Å². The molecule has 0 amide bonds. The number of hydrogen-bond acceptors (Lipinski definition) is 3. The molecule has 0 radical (unpaired) electrons. The molecule has 0 aliphatic carbocycles. The van der Waals surface area contributed by atoms with E-state index in [4.69, 9.17) is 5.26 Å². The lowest BCUT2D eigenvalue weighted by atomic mass is 10.1. The van der Waals surface area contributed by atoms with Gasteiger partial charge in [-0.05, 0) is 36.4 Å². The lowest BCUT2D eigenvalue weighted by molar-refractivity contribution is 0.103. The molecule has 0 atom stereocenters. The molecular weight excluding hydrogens is 238 g/mol. The molecule has 0 saturated carbocycles. The minimum absolute atomic E-state index is 0.108. The third kappa shape index (κ3) is 1.87. The monoisotopic (exact) mass is 247 g/mol. The molecule has 0 saturated heterocycles. The van der Waals surface area contributed by atoms with Crippen LogP contribution in [0, 0.1) is 11.3 Å². The average molecular weight is 247 g/mol. The molecule has 90 valence electrons. The van der Waals surface area contributed by atoms with Crippen molar-refractivity contribution in [3.63, 3.8) is 0 Å². The molecule has 3 aromatic rings. The van der Waals surface area contributed by atoms with Crippen molar-refractivity contribution in [2.24, 2.45) is 0 Å². The number of pyridine rings is 1. The van der Waals surface area contributed by atoms with Crippen molar-refractivity contribution in [2.45, 2.75) is 0 Å². The minimum atomic E-state index is -0.108. The van der Waals surface area contributed by atoms with Crippen molar-refractivity contribution in [1.29, 1.82) is 5.26 Å². The van der Waals surface area contributed by atoms with Crippen molar-refractivity contribution in [1.82, 2.24) is 9.38 Å². The van der Waals surface area contributed by atoms with Crippen LogP contribution < -0.4 is 0 Å². The number of rotatable bonds is 2. The van der Waals surface area contributed by atoms with Crippen LogP contribution in [0.25, 0.3) is 5.65 Å². The maximum Gasteiger partial charge on any atom is 0.211 e. The number of ketones is 1. The zero-order valence-electron chi connectivity index (χ0n) is 9.95. The molecule has 19 heavy (non-hydrogen) atoms. The number of carbonyl (C=O) groups is 1. The first kappa shape index (κ1) is 11.2. The van der Waals surface area contributed by atoms with Gasteiger partial charge in [0.15, 0.2) is 0 Å². The van der Waals surface area contributed by atoms with Crippen LogP contribution in [0.3, 0.4) is 0 Å². The highest BCUT2D eigenvalue weighted by Gasteiger charge is 2.13. The number of nitrogens with zero attached hydrogens (tertiary/aromatic N) is 3. The fourth-order valence-corrected chi connectivity index (χ4v) is 1.94. The Morgan fingerprint density at radius 3 is 2.68 bits per heavy atom. The van der Waals surface area contributed by atoms with E-state index in [9.17, 15) is 4.79 Å². The second kappa shape index (κ2) is 4.39. The number of carbonyl (C=O) groups excluding carboxylic acids is 1. The molecule has 4 nitrogen and oxygen atoms in total. The molecule has 0 bridgehead atoms. The summed E-state index contributed by atoms with van der Waals surface area (Å²) < 4.78 is 1.75. The second-order valence-corrected chi connectivity index (χ2v) is 4.09. The molecule has 0 aliphatic heterocycles. The fourth-order valence-electron chi connectivity index (χ4n) is 1.94. The van der Waals surface area contributed by atoms with Crippen molar-refractivity contribution in [3.05, 3.63) is 71.7 Å². The summed E-state index contributed by atoms with van der Waals surface area (Å²) in [5.74, 6) is -0.108. The summed E-state index contributed by atoms with van der Waals surface area (Å²) in [4.78, 5) is 16.6. The van der Waals surface area contributed by atoms with E-state index < -0.39 is 0 Å². The van der Waals surface area contributed by atoms with E-state index in [1.807, 2.05) is 24.3 Å². The summed E-state index contributed by atoms with van der Waals surface area (Å²) in [6.45, 7) is 0. The lowest BCUT2D eigenvalue weighted by Crippen LogP contribution is -2.04. The zero-order valence-corrected chi connectivity index (χ0v) is 9.95. The van der Waals surface area contributed by atoms with Gasteiger partial charge in [0.2, 0.25) is 5.78 Å². The van der Waals surface area contributed by atoms with Gasteiger partial charge >= 0.3 is 0 Å². The Morgan fingerprint density at radius 1 is 1.16 bits per heavy atom. The number of imidazole rings is 1. The molecular formula is C15H9N3O. The van der Waals surface area contributed by atoms with Crippen molar-refractivity contribution >= 4 is 11.4 Å². The van der Waals surface area contributed by atoms with Crippen LogP contribution >= 0.6 is 0 Å². The van der Waals surface area contributed by atoms with Crippen molar-refractivity contribution in [2.75, 3.05) is 0 Å². The van der Waals surface area contributed by atoms with E-state index in [1.54, 1.807) is 41.1 Å². The van der Waals surface area contributed by atoms with E-state index in [0.29, 0.717) is 16.8 Å². The first-order valence-electron chi connectivity index (χ1n) is 5.76. The molecule has 0 fully saturated rings. The quantitative estimate of drug-likeness (QED) is 0.653. The Balaban J connectivity index is 2.06. The van der Waals surface area contributed by atoms with Crippen LogP contribution in [0.4, 0.5) is 0 Å². The first-order valence-corrected chi connectivity index (χ1v) is 5.76. The highest BCUT2D eigenvalue weighted by atomic mass is 16.1. The summed E-state index contributed by atoms with van der Waals surface area (Å²) in [7, 11) is 0. The predicted octanol–water partition coefficient (Wildman–Crippen LogP) is 2.44. The normalized spacial score (nSPS) is 10.3. The van der Waals surface area contributed by atoms with Gasteiger partial charge in [0.05, 0.1) is 17.8 Å². The zero-order chi connectivity index (χ0) is 13.2. The fraction of sp³-hybridized carbons (Fsp3) is 0. The number of hydrogen-bond donors (Lipinski definition) is 0. The summed E-state index contributed by atoms with van der Waals surface area (Å²) in [5.41, 5.74) is 2.33. The third-order valence-electron chi connectivity index (χ3n) is 2.93. The standard InChI is InChI=1S/C15H9N3O/c16-9-11-4-6-12(7-5-11)15(19)13-10-17-14-3-1-2-8-18(13)14/h1-8,10H. The van der Waals surface area contributed by atoms with E-state index >= 15 is 0 Å². The van der Waals surface area contributed by atoms with Crippen LogP contribution in [0.1, 0.15) is 21.6 Å². The Kier molecular flexibility index (Phi) is 2.58. The third-order valence-corrected chi connectivity index (χ3v) is 2.93. The van der Waals surface area contributed by atoms with Crippen LogP contribution in [-0.4, -0.2) is 15.2 Å². The van der Waals surface area contributed by atoms with Gasteiger partial charge in [0.1, 0.15) is 11.3 Å². The molecule has 0 spiro atoms. The molecule has 0 aliphatic rings. The lowest BCUT2D eigenvalue weighted by Gasteiger charge is -2.01. The molecule has 0 unspecified atom stereocenters. The highest BCUT2D eigenvalue weighted by Crippen LogP contribution is 2.13. The largest absolute Gasteiger partial charge is 0.297 e. The maximum absolute atomic E-state index is 12.4. The SMILES string of the molecule is N#Cc1ccc(C(=O)c2cnc3ccccn23)cc1. The molecule has 2 heterocycles. The summed E-state index contributed by atoms with van der Waals surface area (Å²) in [5, 5.41) is 8.74. The Hall–Kier alpha value is -2.93. The molecule has 0 N–H and O–H groups in total. The second-order valence-electron chi connectivity index (χ2n) is 4.09.